The fourth-order valence-electron chi connectivity index (χ4n) is 0.906. The largest absolute Gasteiger partial charge is 0.405 e. The van der Waals surface area contributed by atoms with Gasteiger partial charge in [-0.25, -0.2) is 0 Å². The first-order chi connectivity index (χ1) is 8.35. The van der Waals surface area contributed by atoms with Crippen molar-refractivity contribution < 1.29 is 27.5 Å². The maximum atomic E-state index is 11.7. The molecule has 9 heteroatoms. The van der Waals surface area contributed by atoms with Crippen molar-refractivity contribution in [1.82, 2.24) is 16.0 Å². The van der Waals surface area contributed by atoms with E-state index in [-0.39, 0.29) is 19.0 Å². The highest BCUT2D eigenvalue weighted by molar-refractivity contribution is 5.81. The fraction of sp³-hybridized carbons (Fsp3) is 0.778. The SMILES string of the molecule is COCCNC(=O)CNCC(=O)NCC(F)(F)F. The predicted octanol–water partition coefficient (Wildman–Crippen LogP) is -0.983. The Labute approximate surface area is 102 Å². The molecule has 106 valence electrons. The van der Waals surface area contributed by atoms with Gasteiger partial charge in [-0.15, -0.1) is 0 Å². The number of rotatable bonds is 8. The number of methoxy groups -OCH3 is 1. The lowest BCUT2D eigenvalue weighted by atomic mass is 10.5. The van der Waals surface area contributed by atoms with E-state index in [9.17, 15) is 22.8 Å². The molecule has 0 atom stereocenters. The Kier molecular flexibility index (Phi) is 8.05. The molecule has 0 saturated carbocycles. The lowest BCUT2D eigenvalue weighted by Gasteiger charge is -2.09. The molecule has 6 nitrogen and oxygen atoms in total. The fourth-order valence-corrected chi connectivity index (χ4v) is 0.906. The molecule has 0 heterocycles. The Morgan fingerprint density at radius 2 is 1.67 bits per heavy atom. The summed E-state index contributed by atoms with van der Waals surface area (Å²) >= 11 is 0. The molecule has 18 heavy (non-hydrogen) atoms. The highest BCUT2D eigenvalue weighted by atomic mass is 19.4. The third-order valence-corrected chi connectivity index (χ3v) is 1.69. The van der Waals surface area contributed by atoms with E-state index in [4.69, 9.17) is 4.74 Å². The number of hydrogen-bond acceptors (Lipinski definition) is 4. The van der Waals surface area contributed by atoms with Gasteiger partial charge in [-0.1, -0.05) is 0 Å². The van der Waals surface area contributed by atoms with Crippen LogP contribution in [0.25, 0.3) is 0 Å². The number of amides is 2. The molecule has 0 radical (unpaired) electrons. The number of hydrogen-bond donors (Lipinski definition) is 3. The highest BCUT2D eigenvalue weighted by Gasteiger charge is 2.27. The van der Waals surface area contributed by atoms with Crippen LogP contribution < -0.4 is 16.0 Å². The molecule has 0 saturated heterocycles. The van der Waals surface area contributed by atoms with Gasteiger partial charge < -0.3 is 15.4 Å². The van der Waals surface area contributed by atoms with Gasteiger partial charge in [-0.05, 0) is 0 Å². The van der Waals surface area contributed by atoms with Crippen LogP contribution in [-0.4, -0.2) is 57.9 Å². The average Bonchev–Trinajstić information content (AvgIpc) is 2.26. The van der Waals surface area contributed by atoms with Crippen LogP contribution in [0, 0.1) is 0 Å². The van der Waals surface area contributed by atoms with Crippen LogP contribution in [0.3, 0.4) is 0 Å². The summed E-state index contributed by atoms with van der Waals surface area (Å²) in [5.41, 5.74) is 0. The first kappa shape index (κ1) is 16.6. The minimum absolute atomic E-state index is 0.150. The standard InChI is InChI=1S/C9H16F3N3O3/c1-18-3-2-14-7(16)4-13-5-8(17)15-6-9(10,11)12/h13H,2-6H2,1H3,(H,14,16)(H,15,17). The minimum Gasteiger partial charge on any atom is -0.383 e. The van der Waals surface area contributed by atoms with Crippen molar-refractivity contribution in [2.45, 2.75) is 6.18 Å². The zero-order valence-corrected chi connectivity index (χ0v) is 9.89. The summed E-state index contributed by atoms with van der Waals surface area (Å²) in [6.45, 7) is -1.19. The number of alkyl halides is 3. The Morgan fingerprint density at radius 3 is 2.17 bits per heavy atom. The molecule has 3 N–H and O–H groups in total. The number of carbonyl (C=O) groups excluding carboxylic acids is 2. The zero-order chi connectivity index (χ0) is 14.0. The van der Waals surface area contributed by atoms with Crippen molar-refractivity contribution in [3.05, 3.63) is 0 Å². The molecule has 0 unspecified atom stereocenters. The van der Waals surface area contributed by atoms with Crippen molar-refractivity contribution in [2.24, 2.45) is 0 Å². The molecule has 0 aromatic rings. The second-order valence-corrected chi connectivity index (χ2v) is 3.34. The van der Waals surface area contributed by atoms with Gasteiger partial charge in [0.25, 0.3) is 0 Å². The van der Waals surface area contributed by atoms with Crippen LogP contribution in [-0.2, 0) is 14.3 Å². The van der Waals surface area contributed by atoms with Crippen LogP contribution in [0.2, 0.25) is 0 Å². The number of ether oxygens (including phenoxy) is 1. The second kappa shape index (κ2) is 8.70. The molecule has 0 rings (SSSR count). The molecule has 0 bridgehead atoms. The van der Waals surface area contributed by atoms with E-state index < -0.39 is 18.6 Å². The van der Waals surface area contributed by atoms with Gasteiger partial charge in [0.1, 0.15) is 6.54 Å². The van der Waals surface area contributed by atoms with E-state index in [1.807, 2.05) is 0 Å². The van der Waals surface area contributed by atoms with Gasteiger partial charge >= 0.3 is 6.18 Å². The van der Waals surface area contributed by atoms with Crippen molar-refractivity contribution in [2.75, 3.05) is 39.9 Å². The first-order valence-electron chi connectivity index (χ1n) is 5.15. The van der Waals surface area contributed by atoms with Crippen LogP contribution in [0.4, 0.5) is 13.2 Å². The van der Waals surface area contributed by atoms with Crippen LogP contribution in [0.1, 0.15) is 0 Å². The quantitative estimate of drug-likeness (QED) is 0.496. The summed E-state index contributed by atoms with van der Waals surface area (Å²) in [6, 6.07) is 0. The van der Waals surface area contributed by atoms with Crippen molar-refractivity contribution >= 4 is 11.8 Å². The van der Waals surface area contributed by atoms with E-state index in [1.54, 1.807) is 5.32 Å². The van der Waals surface area contributed by atoms with Crippen LogP contribution >= 0.6 is 0 Å². The van der Waals surface area contributed by atoms with Gasteiger partial charge in [-0.3, -0.25) is 14.9 Å². The maximum Gasteiger partial charge on any atom is 0.405 e. The van der Waals surface area contributed by atoms with Crippen molar-refractivity contribution in [3.8, 4) is 0 Å². The summed E-state index contributed by atoms with van der Waals surface area (Å²) in [7, 11) is 1.48. The second-order valence-electron chi connectivity index (χ2n) is 3.34. The number of carbonyl (C=O) groups is 2. The summed E-state index contributed by atoms with van der Waals surface area (Å²) < 4.78 is 39.9. The van der Waals surface area contributed by atoms with E-state index in [0.717, 1.165) is 0 Å². The average molecular weight is 271 g/mol. The third kappa shape index (κ3) is 11.1. The summed E-state index contributed by atoms with van der Waals surface area (Å²) in [5.74, 6) is -1.19. The summed E-state index contributed by atoms with van der Waals surface area (Å²) in [6.07, 6.45) is -4.44. The van der Waals surface area contributed by atoms with Gasteiger partial charge in [0, 0.05) is 13.7 Å². The van der Waals surface area contributed by atoms with Gasteiger partial charge in [0.15, 0.2) is 0 Å². The molecule has 0 aromatic carbocycles. The Bertz CT molecular complexity index is 272. The summed E-state index contributed by atoms with van der Waals surface area (Å²) in [5, 5.41) is 6.56. The Balaban J connectivity index is 3.53. The highest BCUT2D eigenvalue weighted by Crippen LogP contribution is 2.11. The third-order valence-electron chi connectivity index (χ3n) is 1.69. The molecular formula is C9H16F3N3O3. The smallest absolute Gasteiger partial charge is 0.383 e. The van der Waals surface area contributed by atoms with Gasteiger partial charge in [-0.2, -0.15) is 13.2 Å². The van der Waals surface area contributed by atoms with Gasteiger partial charge in [0.05, 0.1) is 19.7 Å². The lowest BCUT2D eigenvalue weighted by Crippen LogP contribution is -2.42. The monoisotopic (exact) mass is 271 g/mol. The molecule has 0 spiro atoms. The van der Waals surface area contributed by atoms with E-state index >= 15 is 0 Å². The van der Waals surface area contributed by atoms with E-state index in [0.29, 0.717) is 13.2 Å². The van der Waals surface area contributed by atoms with Crippen LogP contribution in [0.15, 0.2) is 0 Å². The normalized spacial score (nSPS) is 11.1. The molecular weight excluding hydrogens is 255 g/mol. The molecule has 0 fully saturated rings. The van der Waals surface area contributed by atoms with Crippen molar-refractivity contribution in [3.63, 3.8) is 0 Å². The van der Waals surface area contributed by atoms with Crippen LogP contribution in [0.5, 0.6) is 0 Å². The molecule has 0 aliphatic heterocycles. The summed E-state index contributed by atoms with van der Waals surface area (Å²) in [4.78, 5) is 22.0. The lowest BCUT2D eigenvalue weighted by molar-refractivity contribution is -0.138. The predicted molar refractivity (Wildman–Crippen MR) is 56.8 cm³/mol. The molecule has 0 aromatic heterocycles. The topological polar surface area (TPSA) is 79.5 Å². The number of nitrogens with one attached hydrogen (secondary N) is 3. The Morgan fingerprint density at radius 1 is 1.11 bits per heavy atom. The van der Waals surface area contributed by atoms with Gasteiger partial charge in [0.2, 0.25) is 11.8 Å². The maximum absolute atomic E-state index is 11.7. The minimum atomic E-state index is -4.44. The first-order valence-corrected chi connectivity index (χ1v) is 5.15. The molecule has 0 aliphatic rings. The number of halogens is 3. The van der Waals surface area contributed by atoms with E-state index in [1.165, 1.54) is 7.11 Å². The van der Waals surface area contributed by atoms with Crippen molar-refractivity contribution in [1.29, 1.82) is 0 Å². The Hall–Kier alpha value is -1.35. The molecule has 0 aliphatic carbocycles. The molecule has 2 amide bonds. The zero-order valence-electron chi connectivity index (χ0n) is 9.89. The van der Waals surface area contributed by atoms with E-state index in [2.05, 4.69) is 10.6 Å².